The topological polar surface area (TPSA) is 71.6 Å². The maximum atomic E-state index is 15.1. The number of carbonyl (C=O) groups excluding carboxylic acids is 1. The first-order valence-corrected chi connectivity index (χ1v) is 9.07. The molecule has 5 nitrogen and oxygen atoms in total. The first kappa shape index (κ1) is 19.6. The zero-order chi connectivity index (χ0) is 21.5. The number of aromatic nitrogens is 1. The molecule has 152 valence electrons. The van der Waals surface area contributed by atoms with Gasteiger partial charge in [-0.2, -0.15) is 0 Å². The summed E-state index contributed by atoms with van der Waals surface area (Å²) in [5.74, 6) is -1.76. The monoisotopic (exact) mass is 410 g/mol. The van der Waals surface area contributed by atoms with Gasteiger partial charge in [0.1, 0.15) is 18.3 Å². The molecule has 0 aliphatic carbocycles. The van der Waals surface area contributed by atoms with Crippen LogP contribution in [-0.4, -0.2) is 28.8 Å². The predicted molar refractivity (Wildman–Crippen MR) is 106 cm³/mol. The molecule has 0 radical (unpaired) electrons. The molecule has 30 heavy (non-hydrogen) atoms. The van der Waals surface area contributed by atoms with Gasteiger partial charge < -0.3 is 5.73 Å². The van der Waals surface area contributed by atoms with Crippen molar-refractivity contribution in [1.29, 1.82) is 0 Å². The van der Waals surface area contributed by atoms with Gasteiger partial charge in [-0.25, -0.2) is 18.2 Å². The summed E-state index contributed by atoms with van der Waals surface area (Å²) in [5, 5.41) is 0. The minimum Gasteiger partial charge on any atom is -0.369 e. The third kappa shape index (κ3) is 3.01. The average molecular weight is 410 g/mol. The number of hydrogen-bond donors (Lipinski definition) is 1. The quantitative estimate of drug-likeness (QED) is 0.715. The Bertz CT molecular complexity index is 1160. The average Bonchev–Trinajstić information content (AvgIpc) is 2.99. The van der Waals surface area contributed by atoms with E-state index in [2.05, 4.69) is 9.98 Å². The number of amides is 1. The number of nitrogens with two attached hydrogens (primary N) is 1. The van der Waals surface area contributed by atoms with Crippen molar-refractivity contribution in [3.63, 3.8) is 0 Å². The molecule has 0 spiro atoms. The summed E-state index contributed by atoms with van der Waals surface area (Å²) in [4.78, 5) is 22.6. The van der Waals surface area contributed by atoms with Crippen LogP contribution in [0.5, 0.6) is 0 Å². The zero-order valence-electron chi connectivity index (χ0n) is 15.9. The Hall–Kier alpha value is -3.68. The summed E-state index contributed by atoms with van der Waals surface area (Å²) in [6, 6.07) is 12.7. The number of benzene rings is 2. The highest BCUT2D eigenvalue weighted by molar-refractivity contribution is 6.09. The largest absolute Gasteiger partial charge is 0.369 e. The van der Waals surface area contributed by atoms with Gasteiger partial charge >= 0.3 is 0 Å². The molecule has 2 N–H and O–H groups in total. The molecule has 0 saturated carbocycles. The summed E-state index contributed by atoms with van der Waals surface area (Å²) in [7, 11) is 1.43. The van der Waals surface area contributed by atoms with Gasteiger partial charge in [0, 0.05) is 18.8 Å². The molecule has 2 aromatic carbocycles. The lowest BCUT2D eigenvalue weighted by molar-refractivity contribution is -0.129. The second-order valence-corrected chi connectivity index (χ2v) is 6.92. The number of hydrogen-bond acceptors (Lipinski definition) is 4. The molecule has 0 saturated heterocycles. The van der Waals surface area contributed by atoms with E-state index < -0.39 is 29.8 Å². The summed E-state index contributed by atoms with van der Waals surface area (Å²) in [5.41, 5.74) is 5.55. The van der Waals surface area contributed by atoms with Crippen LogP contribution >= 0.6 is 0 Å². The fourth-order valence-corrected chi connectivity index (χ4v) is 3.56. The normalized spacial score (nSPS) is 18.6. The number of carbonyl (C=O) groups is 1. The predicted octanol–water partition coefficient (Wildman–Crippen LogP) is 3.53. The van der Waals surface area contributed by atoms with Crippen LogP contribution in [-0.2, 0) is 17.0 Å². The number of likely N-dealkylation sites (N-methyl/N-ethyl adjacent to an activating group) is 1. The van der Waals surface area contributed by atoms with Crippen molar-refractivity contribution in [2.45, 2.75) is 12.2 Å². The number of guanidine groups is 1. The van der Waals surface area contributed by atoms with Gasteiger partial charge in [0.25, 0.3) is 5.91 Å². The Balaban J connectivity index is 1.98. The smallest absolute Gasteiger partial charge is 0.266 e. The maximum absolute atomic E-state index is 15.1. The van der Waals surface area contributed by atoms with Gasteiger partial charge in [0.15, 0.2) is 11.5 Å². The molecular weight excluding hydrogens is 393 g/mol. The van der Waals surface area contributed by atoms with Gasteiger partial charge in [-0.3, -0.25) is 14.7 Å². The lowest BCUT2D eigenvalue weighted by Gasteiger charge is -2.27. The number of rotatable bonds is 4. The Labute approximate surface area is 170 Å². The zero-order valence-corrected chi connectivity index (χ0v) is 15.9. The highest BCUT2D eigenvalue weighted by Gasteiger charge is 2.51. The van der Waals surface area contributed by atoms with E-state index in [0.717, 1.165) is 4.90 Å². The molecule has 1 amide bonds. The molecule has 8 heteroatoms. The summed E-state index contributed by atoms with van der Waals surface area (Å²) >= 11 is 0. The molecule has 1 unspecified atom stereocenters. The van der Waals surface area contributed by atoms with Crippen LogP contribution < -0.4 is 5.73 Å². The third-order valence-corrected chi connectivity index (χ3v) is 5.15. The lowest BCUT2D eigenvalue weighted by Crippen LogP contribution is -2.41. The van der Waals surface area contributed by atoms with Gasteiger partial charge in [0.05, 0.1) is 5.69 Å². The van der Waals surface area contributed by atoms with Crippen LogP contribution in [0.15, 0.2) is 65.8 Å². The molecule has 2 heterocycles. The minimum atomic E-state index is -1.83. The Morgan fingerprint density at radius 3 is 2.37 bits per heavy atom. The number of alkyl halides is 1. The number of aliphatic imine (C=N–C) groups is 1. The van der Waals surface area contributed by atoms with Gasteiger partial charge in [-0.1, -0.05) is 18.2 Å². The second-order valence-electron chi connectivity index (χ2n) is 6.92. The van der Waals surface area contributed by atoms with E-state index in [1.54, 1.807) is 12.1 Å². The molecule has 0 fully saturated rings. The fraction of sp³-hybridized carbons (Fsp3) is 0.136. The number of nitrogens with zero attached hydrogens (tertiary/aromatic N) is 3. The molecule has 1 atom stereocenters. The molecule has 4 rings (SSSR count). The van der Waals surface area contributed by atoms with Crippen LogP contribution in [0.4, 0.5) is 13.2 Å². The minimum absolute atomic E-state index is 0.0439. The fourth-order valence-electron chi connectivity index (χ4n) is 3.56. The van der Waals surface area contributed by atoms with E-state index in [1.165, 1.54) is 55.7 Å². The van der Waals surface area contributed by atoms with Crippen LogP contribution in [0.3, 0.4) is 0 Å². The van der Waals surface area contributed by atoms with E-state index >= 15 is 4.39 Å². The molecular formula is C22H17F3N4O. The van der Waals surface area contributed by atoms with E-state index in [-0.39, 0.29) is 22.8 Å². The van der Waals surface area contributed by atoms with Crippen molar-refractivity contribution in [3.05, 3.63) is 89.2 Å². The van der Waals surface area contributed by atoms with Gasteiger partial charge in [-0.15, -0.1) is 0 Å². The Kier molecular flexibility index (Phi) is 4.77. The molecule has 3 aromatic rings. The Morgan fingerprint density at radius 1 is 1.03 bits per heavy atom. The summed E-state index contributed by atoms with van der Waals surface area (Å²) in [6.45, 7) is -0.856. The van der Waals surface area contributed by atoms with Gasteiger partial charge in [-0.05, 0) is 53.1 Å². The van der Waals surface area contributed by atoms with E-state index in [4.69, 9.17) is 5.73 Å². The van der Waals surface area contributed by atoms with Crippen molar-refractivity contribution >= 4 is 11.9 Å². The summed E-state index contributed by atoms with van der Waals surface area (Å²) < 4.78 is 41.7. The highest BCUT2D eigenvalue weighted by Crippen LogP contribution is 2.42. The van der Waals surface area contributed by atoms with Crippen LogP contribution in [0.25, 0.3) is 11.1 Å². The van der Waals surface area contributed by atoms with Crippen molar-refractivity contribution in [2.24, 2.45) is 10.7 Å². The van der Waals surface area contributed by atoms with E-state index in [9.17, 15) is 13.6 Å². The molecule has 1 aliphatic rings. The van der Waals surface area contributed by atoms with Crippen LogP contribution in [0.1, 0.15) is 16.8 Å². The molecule has 0 bridgehead atoms. The number of pyridine rings is 1. The highest BCUT2D eigenvalue weighted by atomic mass is 19.1. The first-order chi connectivity index (χ1) is 14.4. The molecule has 1 aliphatic heterocycles. The van der Waals surface area contributed by atoms with Crippen molar-refractivity contribution in [2.75, 3.05) is 7.05 Å². The SMILES string of the molecule is CN1C(=O)C(c2ccnc(CF)c2)(c2cc(-c3ccc(F)cc3)ccc2F)N=C1N. The van der Waals surface area contributed by atoms with Crippen molar-refractivity contribution < 1.29 is 18.0 Å². The van der Waals surface area contributed by atoms with Crippen molar-refractivity contribution in [3.8, 4) is 11.1 Å². The Morgan fingerprint density at radius 2 is 1.73 bits per heavy atom. The standard InChI is InChI=1S/C22H17F3N4O/c1-29-20(30)22(28-21(29)26,15-8-9-27-17(11-15)12-23)18-10-14(4-7-19(18)25)13-2-5-16(24)6-3-13/h2-11H,12H2,1H3,(H2,26,28). The van der Waals surface area contributed by atoms with Crippen molar-refractivity contribution in [1.82, 2.24) is 9.88 Å². The van der Waals surface area contributed by atoms with Crippen LogP contribution in [0, 0.1) is 11.6 Å². The lowest BCUT2D eigenvalue weighted by atomic mass is 9.81. The second kappa shape index (κ2) is 7.29. The first-order valence-electron chi connectivity index (χ1n) is 9.07. The van der Waals surface area contributed by atoms with Crippen LogP contribution in [0.2, 0.25) is 0 Å². The maximum Gasteiger partial charge on any atom is 0.266 e. The van der Waals surface area contributed by atoms with Gasteiger partial charge in [0.2, 0.25) is 0 Å². The van der Waals surface area contributed by atoms with E-state index in [0.29, 0.717) is 11.1 Å². The summed E-state index contributed by atoms with van der Waals surface area (Å²) in [6.07, 6.45) is 1.34. The number of halogens is 3. The third-order valence-electron chi connectivity index (χ3n) is 5.15. The van der Waals surface area contributed by atoms with E-state index in [1.807, 2.05) is 0 Å². The molecule has 1 aromatic heterocycles.